The average Bonchev–Trinajstić information content (AvgIpc) is 2.80. The van der Waals surface area contributed by atoms with Crippen LogP contribution in [0.1, 0.15) is 0 Å². The molecule has 1 aromatic heterocycles. The number of aromatic nitrogens is 1. The molecule has 0 aliphatic carbocycles. The Morgan fingerprint density at radius 1 is 1.35 bits per heavy atom. The molecule has 90 valence electrons. The molecule has 0 saturated heterocycles. The standard InChI is InChI=1S/C11H12N2O2S2/c1-13(11-12-6-7-16-11)9-4-3-5-10(8-9)17(2,14)15/h3-8H,1-2H3. The number of rotatable bonds is 3. The predicted molar refractivity (Wildman–Crippen MR) is 69.7 cm³/mol. The van der Waals surface area contributed by atoms with Crippen LogP contribution >= 0.6 is 11.3 Å². The lowest BCUT2D eigenvalue weighted by Crippen LogP contribution is -2.09. The van der Waals surface area contributed by atoms with Gasteiger partial charge >= 0.3 is 0 Å². The van der Waals surface area contributed by atoms with Crippen molar-refractivity contribution < 1.29 is 8.42 Å². The maximum atomic E-state index is 11.5. The molecule has 2 rings (SSSR count). The van der Waals surface area contributed by atoms with Gasteiger partial charge in [-0.3, -0.25) is 0 Å². The molecular formula is C11H12N2O2S2. The van der Waals surface area contributed by atoms with Crippen LogP contribution in [-0.4, -0.2) is 26.7 Å². The minimum absolute atomic E-state index is 0.318. The van der Waals surface area contributed by atoms with Gasteiger partial charge in [-0.05, 0) is 18.2 Å². The molecule has 0 saturated carbocycles. The molecular weight excluding hydrogens is 256 g/mol. The smallest absolute Gasteiger partial charge is 0.189 e. The first kappa shape index (κ1) is 12.1. The second-order valence-electron chi connectivity index (χ2n) is 3.64. The molecule has 0 N–H and O–H groups in total. The molecule has 0 unspecified atom stereocenters. The monoisotopic (exact) mass is 268 g/mol. The summed E-state index contributed by atoms with van der Waals surface area (Å²) in [6, 6.07) is 6.83. The zero-order chi connectivity index (χ0) is 12.5. The molecule has 0 aliphatic heterocycles. The summed E-state index contributed by atoms with van der Waals surface area (Å²) in [7, 11) is -1.31. The Kier molecular flexibility index (Phi) is 3.17. The summed E-state index contributed by atoms with van der Waals surface area (Å²) < 4.78 is 22.9. The highest BCUT2D eigenvalue weighted by atomic mass is 32.2. The van der Waals surface area contributed by atoms with Crippen molar-refractivity contribution in [1.82, 2.24) is 4.98 Å². The van der Waals surface area contributed by atoms with Crippen molar-refractivity contribution in [2.45, 2.75) is 4.90 Å². The molecule has 0 atom stereocenters. The van der Waals surface area contributed by atoms with Crippen LogP contribution in [0.2, 0.25) is 0 Å². The third-order valence-electron chi connectivity index (χ3n) is 2.34. The topological polar surface area (TPSA) is 50.3 Å². The predicted octanol–water partition coefficient (Wildman–Crippen LogP) is 2.31. The molecule has 0 spiro atoms. The lowest BCUT2D eigenvalue weighted by molar-refractivity contribution is 0.602. The summed E-state index contributed by atoms with van der Waals surface area (Å²) >= 11 is 1.50. The van der Waals surface area contributed by atoms with Gasteiger partial charge in [-0.2, -0.15) is 0 Å². The van der Waals surface area contributed by atoms with Gasteiger partial charge in [0.25, 0.3) is 0 Å². The first-order chi connectivity index (χ1) is 7.98. The van der Waals surface area contributed by atoms with Crippen molar-refractivity contribution >= 4 is 32.0 Å². The fourth-order valence-corrected chi connectivity index (χ4v) is 2.70. The van der Waals surface area contributed by atoms with Gasteiger partial charge in [-0.1, -0.05) is 6.07 Å². The molecule has 0 bridgehead atoms. The highest BCUT2D eigenvalue weighted by Gasteiger charge is 2.11. The molecule has 6 heteroatoms. The third-order valence-corrected chi connectivity index (χ3v) is 4.30. The molecule has 4 nitrogen and oxygen atoms in total. The summed E-state index contributed by atoms with van der Waals surface area (Å²) in [5.41, 5.74) is 0.808. The first-order valence-corrected chi connectivity index (χ1v) is 7.69. The van der Waals surface area contributed by atoms with Crippen LogP contribution in [0.25, 0.3) is 0 Å². The van der Waals surface area contributed by atoms with E-state index in [1.54, 1.807) is 24.4 Å². The lowest BCUT2D eigenvalue weighted by Gasteiger charge is -2.16. The van der Waals surface area contributed by atoms with Crippen LogP contribution in [0.5, 0.6) is 0 Å². The van der Waals surface area contributed by atoms with E-state index in [4.69, 9.17) is 0 Å². The van der Waals surface area contributed by atoms with Gasteiger partial charge in [0.1, 0.15) is 0 Å². The second kappa shape index (κ2) is 4.46. The lowest BCUT2D eigenvalue weighted by atomic mass is 10.3. The van der Waals surface area contributed by atoms with Crippen molar-refractivity contribution in [1.29, 1.82) is 0 Å². The van der Waals surface area contributed by atoms with Gasteiger partial charge in [0.05, 0.1) is 4.90 Å². The zero-order valence-electron chi connectivity index (χ0n) is 9.49. The quantitative estimate of drug-likeness (QED) is 0.857. The van der Waals surface area contributed by atoms with Crippen LogP contribution < -0.4 is 4.90 Å². The van der Waals surface area contributed by atoms with Crippen molar-refractivity contribution in [3.8, 4) is 0 Å². The second-order valence-corrected chi connectivity index (χ2v) is 6.53. The molecule has 0 fully saturated rings. The number of nitrogens with zero attached hydrogens (tertiary/aromatic N) is 2. The van der Waals surface area contributed by atoms with E-state index < -0.39 is 9.84 Å². The normalized spacial score (nSPS) is 11.4. The maximum absolute atomic E-state index is 11.5. The molecule has 0 radical (unpaired) electrons. The Balaban J connectivity index is 2.41. The van der Waals surface area contributed by atoms with Crippen molar-refractivity contribution in [2.24, 2.45) is 0 Å². The Morgan fingerprint density at radius 2 is 2.12 bits per heavy atom. The average molecular weight is 268 g/mol. The number of sulfone groups is 1. The summed E-state index contributed by atoms with van der Waals surface area (Å²) in [5, 5.41) is 2.71. The van der Waals surface area contributed by atoms with E-state index in [9.17, 15) is 8.42 Å². The SMILES string of the molecule is CN(c1cccc(S(C)(=O)=O)c1)c1nccs1. The van der Waals surface area contributed by atoms with Crippen LogP contribution in [0.15, 0.2) is 40.7 Å². The van der Waals surface area contributed by atoms with Gasteiger partial charge in [0.2, 0.25) is 0 Å². The highest BCUT2D eigenvalue weighted by molar-refractivity contribution is 7.90. The molecule has 1 heterocycles. The largest absolute Gasteiger partial charge is 0.321 e. The minimum atomic E-state index is -3.17. The van der Waals surface area contributed by atoms with Crippen LogP contribution in [-0.2, 0) is 9.84 Å². The Labute approximate surface area is 104 Å². The van der Waals surface area contributed by atoms with E-state index in [1.807, 2.05) is 23.4 Å². The Morgan fingerprint density at radius 3 is 2.71 bits per heavy atom. The van der Waals surface area contributed by atoms with Crippen molar-refractivity contribution in [3.63, 3.8) is 0 Å². The number of hydrogen-bond donors (Lipinski definition) is 0. The Bertz CT molecular complexity index is 606. The fraction of sp³-hybridized carbons (Fsp3) is 0.182. The minimum Gasteiger partial charge on any atom is -0.321 e. The van der Waals surface area contributed by atoms with E-state index in [0.29, 0.717) is 4.90 Å². The highest BCUT2D eigenvalue weighted by Crippen LogP contribution is 2.26. The molecule has 0 aliphatic rings. The molecule has 17 heavy (non-hydrogen) atoms. The van der Waals surface area contributed by atoms with Gasteiger partial charge in [-0.25, -0.2) is 13.4 Å². The van der Waals surface area contributed by atoms with Crippen LogP contribution in [0, 0.1) is 0 Å². The van der Waals surface area contributed by atoms with E-state index in [2.05, 4.69) is 4.98 Å². The number of hydrogen-bond acceptors (Lipinski definition) is 5. The number of thiazole rings is 1. The summed E-state index contributed by atoms with van der Waals surface area (Å²) in [5.74, 6) is 0. The summed E-state index contributed by atoms with van der Waals surface area (Å²) in [6.45, 7) is 0. The van der Waals surface area contributed by atoms with Gasteiger partial charge < -0.3 is 4.90 Å². The van der Waals surface area contributed by atoms with Crippen molar-refractivity contribution in [3.05, 3.63) is 35.8 Å². The Hall–Kier alpha value is -1.40. The van der Waals surface area contributed by atoms with E-state index in [-0.39, 0.29) is 0 Å². The molecule has 1 aromatic carbocycles. The first-order valence-electron chi connectivity index (χ1n) is 4.92. The maximum Gasteiger partial charge on any atom is 0.189 e. The fourth-order valence-electron chi connectivity index (χ4n) is 1.41. The summed E-state index contributed by atoms with van der Waals surface area (Å²) in [4.78, 5) is 6.36. The van der Waals surface area contributed by atoms with Gasteiger partial charge in [-0.15, -0.1) is 11.3 Å². The third kappa shape index (κ3) is 2.65. The number of anilines is 2. The van der Waals surface area contributed by atoms with Crippen LogP contribution in [0.3, 0.4) is 0 Å². The molecule has 0 amide bonds. The van der Waals surface area contributed by atoms with Crippen molar-refractivity contribution in [2.75, 3.05) is 18.2 Å². The van der Waals surface area contributed by atoms with E-state index >= 15 is 0 Å². The van der Waals surface area contributed by atoms with E-state index in [0.717, 1.165) is 10.8 Å². The van der Waals surface area contributed by atoms with Gasteiger partial charge in [0, 0.05) is 30.6 Å². The number of benzene rings is 1. The molecule has 2 aromatic rings. The van der Waals surface area contributed by atoms with Gasteiger partial charge in [0.15, 0.2) is 15.0 Å². The summed E-state index contributed by atoms with van der Waals surface area (Å²) in [6.07, 6.45) is 2.92. The van der Waals surface area contributed by atoms with E-state index in [1.165, 1.54) is 17.6 Å². The van der Waals surface area contributed by atoms with Crippen LogP contribution in [0.4, 0.5) is 10.8 Å². The zero-order valence-corrected chi connectivity index (χ0v) is 11.1.